The molecule has 0 radical (unpaired) electrons. The molecule has 6 nitrogen and oxygen atoms in total. The fourth-order valence-electron chi connectivity index (χ4n) is 1.51. The van der Waals surface area contributed by atoms with E-state index in [1.807, 2.05) is 20.8 Å². The summed E-state index contributed by atoms with van der Waals surface area (Å²) in [6.45, 7) is 6.22. The molecule has 1 aromatic heterocycles. The Labute approximate surface area is 106 Å². The second-order valence-electron chi connectivity index (χ2n) is 5.05. The van der Waals surface area contributed by atoms with Crippen LogP contribution in [0.2, 0.25) is 0 Å². The second kappa shape index (κ2) is 5.66. The Bertz CT molecular complexity index is 474. The third-order valence-electron chi connectivity index (χ3n) is 2.42. The Balaban J connectivity index is 2.73. The van der Waals surface area contributed by atoms with E-state index < -0.39 is 5.97 Å². The van der Waals surface area contributed by atoms with Crippen molar-refractivity contribution in [2.75, 3.05) is 11.9 Å². The van der Waals surface area contributed by atoms with E-state index in [-0.39, 0.29) is 23.3 Å². The van der Waals surface area contributed by atoms with Crippen molar-refractivity contribution in [3.63, 3.8) is 0 Å². The van der Waals surface area contributed by atoms with Gasteiger partial charge in [0.1, 0.15) is 0 Å². The predicted octanol–water partition coefficient (Wildman–Crippen LogP) is 1.27. The Morgan fingerprint density at radius 3 is 2.72 bits per heavy atom. The van der Waals surface area contributed by atoms with Crippen LogP contribution >= 0.6 is 0 Å². The van der Waals surface area contributed by atoms with Gasteiger partial charge in [0.05, 0.1) is 0 Å². The summed E-state index contributed by atoms with van der Waals surface area (Å²) in [5.41, 5.74) is -0.502. The Hall–Kier alpha value is -1.85. The lowest BCUT2D eigenvalue weighted by atomic mass is 10.1. The molecule has 0 spiro atoms. The number of hydrogen-bond acceptors (Lipinski definition) is 4. The van der Waals surface area contributed by atoms with Gasteiger partial charge in [-0.05, 0) is 27.2 Å². The first-order valence-electron chi connectivity index (χ1n) is 5.86. The molecule has 0 atom stereocenters. The third kappa shape index (κ3) is 3.87. The van der Waals surface area contributed by atoms with Gasteiger partial charge in [-0.1, -0.05) is 0 Å². The molecule has 0 saturated heterocycles. The standard InChI is InChI=1S/C12H19N3O3/c1-12(2,3)15-8-7-14-10(11(15)18)13-6-4-5-9(16)17/h7-8H,4-6H2,1-3H3,(H,13,14)(H,16,17). The summed E-state index contributed by atoms with van der Waals surface area (Å²) >= 11 is 0. The molecule has 100 valence electrons. The van der Waals surface area contributed by atoms with Gasteiger partial charge in [-0.25, -0.2) is 4.98 Å². The van der Waals surface area contributed by atoms with Crippen LogP contribution < -0.4 is 10.9 Å². The molecule has 2 N–H and O–H groups in total. The number of carbonyl (C=O) groups is 1. The number of carboxylic acids is 1. The minimum Gasteiger partial charge on any atom is -0.481 e. The first-order chi connectivity index (χ1) is 8.32. The Kier molecular flexibility index (Phi) is 4.47. The predicted molar refractivity (Wildman–Crippen MR) is 68.9 cm³/mol. The lowest BCUT2D eigenvalue weighted by Crippen LogP contribution is -2.35. The molecule has 1 aromatic rings. The fraction of sp³-hybridized carbons (Fsp3) is 0.583. The molecule has 0 saturated carbocycles. The monoisotopic (exact) mass is 253 g/mol. The minimum atomic E-state index is -0.843. The fourth-order valence-corrected chi connectivity index (χ4v) is 1.51. The molecular weight excluding hydrogens is 234 g/mol. The van der Waals surface area contributed by atoms with Crippen molar-refractivity contribution in [1.29, 1.82) is 0 Å². The van der Waals surface area contributed by atoms with E-state index in [1.165, 1.54) is 0 Å². The highest BCUT2D eigenvalue weighted by atomic mass is 16.4. The lowest BCUT2D eigenvalue weighted by Gasteiger charge is -2.22. The van der Waals surface area contributed by atoms with E-state index in [4.69, 9.17) is 5.11 Å². The maximum atomic E-state index is 12.1. The average Bonchev–Trinajstić information content (AvgIpc) is 2.24. The highest BCUT2D eigenvalue weighted by Gasteiger charge is 2.16. The molecule has 1 rings (SSSR count). The van der Waals surface area contributed by atoms with Gasteiger partial charge in [0, 0.05) is 30.9 Å². The largest absolute Gasteiger partial charge is 0.481 e. The van der Waals surface area contributed by atoms with Crippen molar-refractivity contribution in [2.45, 2.75) is 39.2 Å². The van der Waals surface area contributed by atoms with E-state index in [0.717, 1.165) is 0 Å². The molecule has 18 heavy (non-hydrogen) atoms. The van der Waals surface area contributed by atoms with Crippen molar-refractivity contribution < 1.29 is 9.90 Å². The summed E-state index contributed by atoms with van der Waals surface area (Å²) in [6, 6.07) is 0. The highest BCUT2D eigenvalue weighted by Crippen LogP contribution is 2.10. The van der Waals surface area contributed by atoms with Crippen LogP contribution in [-0.2, 0) is 10.3 Å². The quantitative estimate of drug-likeness (QED) is 0.772. The maximum absolute atomic E-state index is 12.1. The number of anilines is 1. The number of aromatic nitrogens is 2. The van der Waals surface area contributed by atoms with E-state index in [9.17, 15) is 9.59 Å². The van der Waals surface area contributed by atoms with Gasteiger partial charge in [0.15, 0.2) is 5.82 Å². The first-order valence-corrected chi connectivity index (χ1v) is 5.86. The number of carboxylic acid groups (broad SMARTS) is 1. The van der Waals surface area contributed by atoms with Gasteiger partial charge in [-0.2, -0.15) is 0 Å². The van der Waals surface area contributed by atoms with E-state index >= 15 is 0 Å². The molecule has 0 aliphatic heterocycles. The van der Waals surface area contributed by atoms with Gasteiger partial charge < -0.3 is 15.0 Å². The molecule has 0 bridgehead atoms. The number of nitrogens with one attached hydrogen (secondary N) is 1. The van der Waals surface area contributed by atoms with Crippen LogP contribution in [0.25, 0.3) is 0 Å². The third-order valence-corrected chi connectivity index (χ3v) is 2.42. The van der Waals surface area contributed by atoms with Crippen LogP contribution in [0.1, 0.15) is 33.6 Å². The summed E-state index contributed by atoms with van der Waals surface area (Å²) in [7, 11) is 0. The van der Waals surface area contributed by atoms with Crippen molar-refractivity contribution in [3.05, 3.63) is 22.7 Å². The summed E-state index contributed by atoms with van der Waals surface area (Å²) in [4.78, 5) is 26.4. The zero-order chi connectivity index (χ0) is 13.8. The highest BCUT2D eigenvalue weighted by molar-refractivity contribution is 5.66. The van der Waals surface area contributed by atoms with Crippen LogP contribution in [0.15, 0.2) is 17.2 Å². The summed E-state index contributed by atoms with van der Waals surface area (Å²) in [5.74, 6) is -0.581. The SMILES string of the molecule is CC(C)(C)n1ccnc(NCCCC(=O)O)c1=O. The van der Waals surface area contributed by atoms with Crippen molar-refractivity contribution in [1.82, 2.24) is 9.55 Å². The molecule has 0 aliphatic carbocycles. The van der Waals surface area contributed by atoms with Crippen LogP contribution in [0, 0.1) is 0 Å². The van der Waals surface area contributed by atoms with Gasteiger partial charge >= 0.3 is 5.97 Å². The summed E-state index contributed by atoms with van der Waals surface area (Å²) in [6.07, 6.45) is 3.74. The summed E-state index contributed by atoms with van der Waals surface area (Å²) in [5, 5.41) is 11.4. The summed E-state index contributed by atoms with van der Waals surface area (Å²) < 4.78 is 1.60. The number of rotatable bonds is 5. The first kappa shape index (κ1) is 14.2. The van der Waals surface area contributed by atoms with Crippen LogP contribution in [0.3, 0.4) is 0 Å². The average molecular weight is 253 g/mol. The van der Waals surface area contributed by atoms with Crippen molar-refractivity contribution >= 4 is 11.8 Å². The van der Waals surface area contributed by atoms with Gasteiger partial charge in [0.2, 0.25) is 0 Å². The topological polar surface area (TPSA) is 84.2 Å². The molecule has 1 heterocycles. The second-order valence-corrected chi connectivity index (χ2v) is 5.05. The molecule has 0 aromatic carbocycles. The van der Waals surface area contributed by atoms with E-state index in [0.29, 0.717) is 13.0 Å². The zero-order valence-electron chi connectivity index (χ0n) is 10.9. The van der Waals surface area contributed by atoms with E-state index in [2.05, 4.69) is 10.3 Å². The molecule has 0 fully saturated rings. The van der Waals surface area contributed by atoms with Crippen LogP contribution in [-0.4, -0.2) is 27.2 Å². The van der Waals surface area contributed by atoms with Crippen molar-refractivity contribution in [3.8, 4) is 0 Å². The molecule has 0 aliphatic rings. The molecular formula is C12H19N3O3. The minimum absolute atomic E-state index is 0.0767. The maximum Gasteiger partial charge on any atom is 0.303 e. The van der Waals surface area contributed by atoms with E-state index in [1.54, 1.807) is 17.0 Å². The molecule has 0 unspecified atom stereocenters. The number of hydrogen-bond donors (Lipinski definition) is 2. The molecule has 0 amide bonds. The normalized spacial score (nSPS) is 11.3. The van der Waals surface area contributed by atoms with Crippen molar-refractivity contribution in [2.24, 2.45) is 0 Å². The van der Waals surface area contributed by atoms with Gasteiger partial charge in [-0.3, -0.25) is 9.59 Å². The van der Waals surface area contributed by atoms with Crippen LogP contribution in [0.5, 0.6) is 0 Å². The smallest absolute Gasteiger partial charge is 0.303 e. The Morgan fingerprint density at radius 1 is 1.50 bits per heavy atom. The van der Waals surface area contributed by atoms with Gasteiger partial charge in [-0.15, -0.1) is 0 Å². The Morgan fingerprint density at radius 2 is 2.17 bits per heavy atom. The zero-order valence-corrected chi connectivity index (χ0v) is 10.9. The number of nitrogens with zero attached hydrogens (tertiary/aromatic N) is 2. The number of aliphatic carboxylic acids is 1. The molecule has 6 heteroatoms. The van der Waals surface area contributed by atoms with Gasteiger partial charge in [0.25, 0.3) is 5.56 Å². The van der Waals surface area contributed by atoms with Crippen LogP contribution in [0.4, 0.5) is 5.82 Å². The lowest BCUT2D eigenvalue weighted by molar-refractivity contribution is -0.137.